The van der Waals surface area contributed by atoms with E-state index < -0.39 is 5.97 Å². The molecule has 5 heteroatoms. The number of nitrogens with zero attached hydrogens (tertiary/aromatic N) is 1. The van der Waals surface area contributed by atoms with E-state index >= 15 is 0 Å². The fourth-order valence-corrected chi connectivity index (χ4v) is 1.98. The van der Waals surface area contributed by atoms with Gasteiger partial charge in [0.15, 0.2) is 0 Å². The van der Waals surface area contributed by atoms with Crippen LogP contribution in [0.2, 0.25) is 0 Å². The number of carbonyl (C=O) groups excluding carboxylic acids is 2. The lowest BCUT2D eigenvalue weighted by Gasteiger charge is -2.30. The van der Waals surface area contributed by atoms with Crippen LogP contribution in [-0.4, -0.2) is 25.0 Å². The molecule has 0 fully saturated rings. The topological polar surface area (TPSA) is 58.6 Å². The number of benzene rings is 1. The minimum Gasteiger partial charge on any atom is -0.463 e. The van der Waals surface area contributed by atoms with Gasteiger partial charge in [-0.25, -0.2) is 4.79 Å². The van der Waals surface area contributed by atoms with Crippen LogP contribution in [0.15, 0.2) is 48.7 Å². The van der Waals surface area contributed by atoms with E-state index in [0.29, 0.717) is 6.54 Å². The van der Waals surface area contributed by atoms with Crippen LogP contribution in [0, 0.1) is 0 Å². The molecule has 0 unspecified atom stereocenters. The Hall–Kier alpha value is -2.56. The molecule has 2 rings (SSSR count). The summed E-state index contributed by atoms with van der Waals surface area (Å²) in [6.45, 7) is 6.01. The SMILES string of the molecule is C=CCN1C(=O)/C(=C\C(=O)OCC)Nc2ccccc21. The van der Waals surface area contributed by atoms with Crippen LogP contribution in [0.1, 0.15) is 6.92 Å². The fraction of sp³-hybridized carbons (Fsp3) is 0.200. The first-order valence-electron chi connectivity index (χ1n) is 6.34. The molecule has 20 heavy (non-hydrogen) atoms. The van der Waals surface area contributed by atoms with Crippen molar-refractivity contribution in [2.75, 3.05) is 23.4 Å². The molecule has 0 saturated heterocycles. The van der Waals surface area contributed by atoms with Crippen LogP contribution >= 0.6 is 0 Å². The molecule has 0 bridgehead atoms. The first-order chi connectivity index (χ1) is 9.67. The van der Waals surface area contributed by atoms with Crippen molar-refractivity contribution in [3.8, 4) is 0 Å². The number of hydrogen-bond donors (Lipinski definition) is 1. The van der Waals surface area contributed by atoms with E-state index in [1.165, 1.54) is 6.08 Å². The molecule has 0 spiro atoms. The van der Waals surface area contributed by atoms with E-state index in [1.807, 2.05) is 24.3 Å². The molecule has 5 nitrogen and oxygen atoms in total. The van der Waals surface area contributed by atoms with E-state index in [0.717, 1.165) is 11.4 Å². The van der Waals surface area contributed by atoms with Gasteiger partial charge in [0, 0.05) is 6.54 Å². The molecule has 1 heterocycles. The standard InChI is InChI=1S/C15H16N2O3/c1-3-9-17-13-8-6-5-7-11(13)16-12(15(17)19)10-14(18)20-4-2/h3,5-8,10,16H,1,4,9H2,2H3/b12-10+. The van der Waals surface area contributed by atoms with Gasteiger partial charge in [0.25, 0.3) is 5.91 Å². The van der Waals surface area contributed by atoms with Gasteiger partial charge >= 0.3 is 5.97 Å². The highest BCUT2D eigenvalue weighted by atomic mass is 16.5. The Labute approximate surface area is 117 Å². The molecule has 0 aliphatic carbocycles. The van der Waals surface area contributed by atoms with E-state index in [9.17, 15) is 9.59 Å². The number of rotatable bonds is 4. The summed E-state index contributed by atoms with van der Waals surface area (Å²) < 4.78 is 4.83. The third-order valence-electron chi connectivity index (χ3n) is 2.80. The number of ether oxygens (including phenoxy) is 1. The number of para-hydroxylation sites is 2. The van der Waals surface area contributed by atoms with Crippen LogP contribution in [0.25, 0.3) is 0 Å². The Morgan fingerprint density at radius 3 is 2.90 bits per heavy atom. The molecule has 0 atom stereocenters. The van der Waals surface area contributed by atoms with Crippen molar-refractivity contribution in [2.24, 2.45) is 0 Å². The van der Waals surface area contributed by atoms with Gasteiger partial charge in [-0.3, -0.25) is 4.79 Å². The lowest BCUT2D eigenvalue weighted by Crippen LogP contribution is -2.38. The Morgan fingerprint density at radius 2 is 2.20 bits per heavy atom. The number of anilines is 2. The van der Waals surface area contributed by atoms with Crippen LogP contribution in [0.3, 0.4) is 0 Å². The maximum atomic E-state index is 12.4. The van der Waals surface area contributed by atoms with Crippen LogP contribution in [0.5, 0.6) is 0 Å². The van der Waals surface area contributed by atoms with Crippen molar-refractivity contribution < 1.29 is 14.3 Å². The molecule has 0 radical (unpaired) electrons. The Kier molecular flexibility index (Phi) is 4.20. The number of esters is 1. The number of nitrogens with one attached hydrogen (secondary N) is 1. The molecule has 1 aliphatic rings. The summed E-state index contributed by atoms with van der Waals surface area (Å²) in [5, 5.41) is 2.96. The zero-order chi connectivity index (χ0) is 14.5. The van der Waals surface area contributed by atoms with Crippen molar-refractivity contribution in [3.63, 3.8) is 0 Å². The van der Waals surface area contributed by atoms with Crippen molar-refractivity contribution in [1.29, 1.82) is 0 Å². The average Bonchev–Trinajstić information content (AvgIpc) is 2.43. The third kappa shape index (κ3) is 2.71. The van der Waals surface area contributed by atoms with Gasteiger partial charge in [0.1, 0.15) is 5.70 Å². The summed E-state index contributed by atoms with van der Waals surface area (Å²) in [5.41, 5.74) is 1.73. The van der Waals surface area contributed by atoms with Gasteiger partial charge in [-0.2, -0.15) is 0 Å². The maximum Gasteiger partial charge on any atom is 0.333 e. The molecule has 1 aliphatic heterocycles. The average molecular weight is 272 g/mol. The summed E-state index contributed by atoms with van der Waals surface area (Å²) in [6, 6.07) is 7.39. The Balaban J connectivity index is 2.38. The molecule has 104 valence electrons. The second-order valence-corrected chi connectivity index (χ2v) is 4.16. The minimum absolute atomic E-state index is 0.198. The second-order valence-electron chi connectivity index (χ2n) is 4.16. The first-order valence-corrected chi connectivity index (χ1v) is 6.34. The molecular weight excluding hydrogens is 256 g/mol. The van der Waals surface area contributed by atoms with Gasteiger partial charge in [-0.05, 0) is 19.1 Å². The fourth-order valence-electron chi connectivity index (χ4n) is 1.98. The predicted molar refractivity (Wildman–Crippen MR) is 77.3 cm³/mol. The van der Waals surface area contributed by atoms with Gasteiger partial charge in [0.2, 0.25) is 0 Å². The second kappa shape index (κ2) is 6.06. The quantitative estimate of drug-likeness (QED) is 0.518. The summed E-state index contributed by atoms with van der Waals surface area (Å²) in [7, 11) is 0. The number of hydrogen-bond acceptors (Lipinski definition) is 4. The molecule has 0 saturated carbocycles. The molecule has 1 aromatic rings. The van der Waals surface area contributed by atoms with E-state index in [2.05, 4.69) is 11.9 Å². The molecule has 1 N–H and O–H groups in total. The van der Waals surface area contributed by atoms with Crippen molar-refractivity contribution in [3.05, 3.63) is 48.7 Å². The van der Waals surface area contributed by atoms with E-state index in [-0.39, 0.29) is 18.2 Å². The van der Waals surface area contributed by atoms with Crippen LogP contribution < -0.4 is 10.2 Å². The number of fused-ring (bicyclic) bond motifs is 1. The van der Waals surface area contributed by atoms with Gasteiger partial charge < -0.3 is 15.0 Å². The summed E-state index contributed by atoms with van der Waals surface area (Å²) in [6.07, 6.45) is 2.82. The van der Waals surface area contributed by atoms with Crippen molar-refractivity contribution in [2.45, 2.75) is 6.92 Å². The van der Waals surface area contributed by atoms with E-state index in [4.69, 9.17) is 4.74 Å². The third-order valence-corrected chi connectivity index (χ3v) is 2.80. The van der Waals surface area contributed by atoms with Gasteiger partial charge in [-0.15, -0.1) is 6.58 Å². The van der Waals surface area contributed by atoms with Gasteiger partial charge in [-0.1, -0.05) is 18.2 Å². The Bertz CT molecular complexity index is 578. The number of amides is 1. The lowest BCUT2D eigenvalue weighted by molar-refractivity contribution is -0.137. The van der Waals surface area contributed by atoms with Crippen molar-refractivity contribution >= 4 is 23.3 Å². The molecule has 0 aromatic heterocycles. The highest BCUT2D eigenvalue weighted by molar-refractivity contribution is 6.14. The minimum atomic E-state index is -0.540. The molecule has 1 amide bonds. The highest BCUT2D eigenvalue weighted by Crippen LogP contribution is 2.32. The monoisotopic (exact) mass is 272 g/mol. The summed E-state index contributed by atoms with van der Waals surface area (Å²) in [5.74, 6) is -0.821. The zero-order valence-electron chi connectivity index (χ0n) is 11.3. The zero-order valence-corrected chi connectivity index (χ0v) is 11.3. The number of carbonyl (C=O) groups is 2. The molecule has 1 aromatic carbocycles. The normalized spacial score (nSPS) is 15.6. The largest absolute Gasteiger partial charge is 0.463 e. The van der Waals surface area contributed by atoms with Crippen LogP contribution in [-0.2, 0) is 14.3 Å². The smallest absolute Gasteiger partial charge is 0.333 e. The maximum absolute atomic E-state index is 12.4. The van der Waals surface area contributed by atoms with E-state index in [1.54, 1.807) is 17.9 Å². The summed E-state index contributed by atoms with van der Waals surface area (Å²) in [4.78, 5) is 25.4. The summed E-state index contributed by atoms with van der Waals surface area (Å²) >= 11 is 0. The predicted octanol–water partition coefficient (Wildman–Crippen LogP) is 2.08. The van der Waals surface area contributed by atoms with Crippen molar-refractivity contribution in [1.82, 2.24) is 0 Å². The van der Waals surface area contributed by atoms with Gasteiger partial charge in [0.05, 0.1) is 24.1 Å². The molecular formula is C15H16N2O3. The first kappa shape index (κ1) is 13.9. The Morgan fingerprint density at radius 1 is 1.45 bits per heavy atom. The van der Waals surface area contributed by atoms with Crippen LogP contribution in [0.4, 0.5) is 11.4 Å². The highest BCUT2D eigenvalue weighted by Gasteiger charge is 2.27. The lowest BCUT2D eigenvalue weighted by atomic mass is 10.1.